The molecule has 0 spiro atoms. The molecule has 0 aromatic heterocycles. The first kappa shape index (κ1) is 41.4. The summed E-state index contributed by atoms with van der Waals surface area (Å²) >= 11 is 0. The van der Waals surface area contributed by atoms with E-state index in [1.54, 1.807) is 0 Å². The lowest BCUT2D eigenvalue weighted by atomic mass is 10.0. The van der Waals surface area contributed by atoms with Crippen molar-refractivity contribution in [2.45, 2.75) is 180 Å². The monoisotopic (exact) mass is 649 g/mol. The zero-order valence-corrected chi connectivity index (χ0v) is 31.5. The van der Waals surface area contributed by atoms with Gasteiger partial charge in [0.25, 0.3) is 0 Å². The van der Waals surface area contributed by atoms with E-state index in [1.807, 2.05) is 0 Å². The number of ketones is 2. The van der Waals surface area contributed by atoms with Gasteiger partial charge in [0.05, 0.1) is 52.9 Å². The fourth-order valence-corrected chi connectivity index (χ4v) is 7.90. The number of quaternary nitrogens is 2. The predicted molar refractivity (Wildman–Crippen MR) is 197 cm³/mol. The lowest BCUT2D eigenvalue weighted by Gasteiger charge is -2.37. The van der Waals surface area contributed by atoms with Crippen LogP contribution in [0.1, 0.15) is 167 Å². The molecule has 2 saturated heterocycles. The minimum atomic E-state index is 0.0422. The molecular formula is C40H80N4O2+2. The second-order valence-corrected chi connectivity index (χ2v) is 16.3. The van der Waals surface area contributed by atoms with Crippen molar-refractivity contribution in [3.05, 3.63) is 0 Å². The third kappa shape index (κ3) is 19.9. The molecule has 2 fully saturated rings. The molecule has 2 N–H and O–H groups in total. The molecule has 2 aliphatic heterocycles. The molecule has 2 aliphatic rings. The van der Waals surface area contributed by atoms with E-state index in [2.05, 4.69) is 38.7 Å². The number of Topliss-reactive ketones (excluding diaryl/α,β-unsaturated/α-hetero) is 2. The minimum Gasteiger partial charge on any atom is -0.322 e. The predicted octanol–water partition coefficient (Wildman–Crippen LogP) is 8.36. The highest BCUT2D eigenvalue weighted by atomic mass is 16.1. The van der Waals surface area contributed by atoms with Gasteiger partial charge in [-0.3, -0.25) is 9.59 Å². The van der Waals surface area contributed by atoms with Crippen molar-refractivity contribution in [3.63, 3.8) is 0 Å². The van der Waals surface area contributed by atoms with Crippen molar-refractivity contribution in [2.75, 3.05) is 67.0 Å². The summed E-state index contributed by atoms with van der Waals surface area (Å²) in [5, 5.41) is 7.06. The summed E-state index contributed by atoms with van der Waals surface area (Å²) in [6.07, 6.45) is 32.5. The van der Waals surface area contributed by atoms with Crippen LogP contribution in [0.25, 0.3) is 0 Å². The molecule has 270 valence electrons. The van der Waals surface area contributed by atoms with Crippen LogP contribution in [-0.2, 0) is 9.59 Å². The largest absolute Gasteiger partial charge is 0.322 e. The Morgan fingerprint density at radius 2 is 0.913 bits per heavy atom. The average molecular weight is 649 g/mol. The van der Waals surface area contributed by atoms with E-state index in [0.717, 1.165) is 67.4 Å². The zero-order valence-electron chi connectivity index (χ0n) is 31.5. The zero-order chi connectivity index (χ0) is 33.4. The Balaban J connectivity index is 1.70. The van der Waals surface area contributed by atoms with Crippen molar-refractivity contribution in [1.29, 1.82) is 0 Å². The van der Waals surface area contributed by atoms with Crippen molar-refractivity contribution in [2.24, 2.45) is 0 Å². The molecule has 2 heterocycles. The van der Waals surface area contributed by atoms with Crippen LogP contribution in [-0.4, -0.2) is 99.6 Å². The Kier molecular flexibility index (Phi) is 22.6. The van der Waals surface area contributed by atoms with Crippen molar-refractivity contribution < 1.29 is 18.6 Å². The van der Waals surface area contributed by atoms with Crippen molar-refractivity contribution in [3.8, 4) is 0 Å². The summed E-state index contributed by atoms with van der Waals surface area (Å²) < 4.78 is 1.60. The Morgan fingerprint density at radius 1 is 0.500 bits per heavy atom. The van der Waals surface area contributed by atoms with Gasteiger partial charge in [0.15, 0.2) is 0 Å². The fourth-order valence-electron chi connectivity index (χ4n) is 7.90. The number of carbonyl (C=O) groups is 2. The van der Waals surface area contributed by atoms with E-state index in [1.165, 1.54) is 135 Å². The maximum Gasteiger partial charge on any atom is 0.203 e. The lowest BCUT2D eigenvalue weighted by Crippen LogP contribution is -2.54. The van der Waals surface area contributed by atoms with Crippen LogP contribution in [0.15, 0.2) is 0 Å². The summed E-state index contributed by atoms with van der Waals surface area (Å²) in [6, 6.07) is 0.0863. The maximum atomic E-state index is 13.5. The van der Waals surface area contributed by atoms with Crippen LogP contribution in [0.4, 0.5) is 0 Å². The molecule has 0 bridgehead atoms. The first-order valence-corrected chi connectivity index (χ1v) is 20.4. The number of nitrogens with one attached hydrogen (secondary N) is 2. The summed E-state index contributed by atoms with van der Waals surface area (Å²) in [7, 11) is 6.77. The van der Waals surface area contributed by atoms with Crippen LogP contribution in [0.2, 0.25) is 0 Å². The van der Waals surface area contributed by atoms with Crippen LogP contribution >= 0.6 is 0 Å². The minimum absolute atomic E-state index is 0.0422. The smallest absolute Gasteiger partial charge is 0.203 e. The van der Waals surface area contributed by atoms with E-state index >= 15 is 0 Å². The normalized spacial score (nSPS) is 21.0. The third-order valence-corrected chi connectivity index (χ3v) is 11.0. The van der Waals surface area contributed by atoms with Gasteiger partial charge in [-0.15, -0.1) is 0 Å². The molecule has 0 radical (unpaired) electrons. The van der Waals surface area contributed by atoms with Gasteiger partial charge in [0.1, 0.15) is 13.1 Å². The van der Waals surface area contributed by atoms with Gasteiger partial charge in [0.2, 0.25) is 11.6 Å². The van der Waals surface area contributed by atoms with E-state index in [0.29, 0.717) is 24.7 Å². The molecular weight excluding hydrogens is 568 g/mol. The van der Waals surface area contributed by atoms with E-state index in [9.17, 15) is 9.59 Å². The molecule has 0 aliphatic carbocycles. The van der Waals surface area contributed by atoms with Gasteiger partial charge in [-0.05, 0) is 51.6 Å². The second kappa shape index (κ2) is 25.2. The highest BCUT2D eigenvalue weighted by Crippen LogP contribution is 2.18. The maximum absolute atomic E-state index is 13.5. The first-order chi connectivity index (χ1) is 22.2. The quantitative estimate of drug-likeness (QED) is 0.0694. The van der Waals surface area contributed by atoms with E-state index in [-0.39, 0.29) is 12.1 Å². The van der Waals surface area contributed by atoms with Gasteiger partial charge in [-0.25, -0.2) is 0 Å². The van der Waals surface area contributed by atoms with Gasteiger partial charge in [0, 0.05) is 6.42 Å². The van der Waals surface area contributed by atoms with Gasteiger partial charge in [-0.2, -0.15) is 0 Å². The number of rotatable bonds is 27. The summed E-state index contributed by atoms with van der Waals surface area (Å²) in [4.78, 5) is 26.6. The molecule has 6 heteroatoms. The third-order valence-electron chi connectivity index (χ3n) is 11.0. The summed E-state index contributed by atoms with van der Waals surface area (Å²) in [5.41, 5.74) is 0. The van der Waals surface area contributed by atoms with Gasteiger partial charge in [-0.1, -0.05) is 122 Å². The first-order valence-electron chi connectivity index (χ1n) is 20.4. The average Bonchev–Trinajstić information content (AvgIpc) is 3.47. The molecule has 0 saturated carbocycles. The fraction of sp³-hybridized carbons (Fsp3) is 0.950. The Labute approximate surface area is 286 Å². The molecule has 2 rings (SSSR count). The molecule has 0 aromatic carbocycles. The standard InChI is InChI=1S/C40H80N4O2/c1-5-6-7-8-9-10-11-12-13-14-15-16-17-18-19-26-33-44(4,36-40(46)38-29-23-21-25-31-42-38)34-27-32-43(2,3)35-39(45)37-28-22-20-24-30-41-37/h37-38,41-42H,5-36H2,1-4H3/q+2. The topological polar surface area (TPSA) is 58.2 Å². The Hall–Kier alpha value is -0.820. The van der Waals surface area contributed by atoms with Crippen molar-refractivity contribution in [1.82, 2.24) is 10.6 Å². The number of unbranched alkanes of at least 4 members (excludes halogenated alkanes) is 15. The number of likely N-dealkylation sites (N-methyl/N-ethyl adjacent to an activating group) is 2. The SMILES string of the molecule is CCCCCCCCCCCCCCCCCC[N+](C)(CCC[N+](C)(C)CC(=O)C1CCCCCN1)CC(=O)C1CCCCCN1. The molecule has 3 atom stereocenters. The number of hydrogen-bond donors (Lipinski definition) is 2. The summed E-state index contributed by atoms with van der Waals surface area (Å²) in [5.74, 6) is 0.802. The number of hydrogen-bond acceptors (Lipinski definition) is 4. The highest BCUT2D eigenvalue weighted by Gasteiger charge is 2.32. The molecule has 3 unspecified atom stereocenters. The molecule has 6 nitrogen and oxygen atoms in total. The van der Waals surface area contributed by atoms with Crippen LogP contribution in [0, 0.1) is 0 Å². The van der Waals surface area contributed by atoms with Gasteiger partial charge >= 0.3 is 0 Å². The molecule has 0 aromatic rings. The van der Waals surface area contributed by atoms with Crippen molar-refractivity contribution >= 4 is 11.6 Å². The second-order valence-electron chi connectivity index (χ2n) is 16.3. The highest BCUT2D eigenvalue weighted by molar-refractivity contribution is 5.85. The number of nitrogens with zero attached hydrogens (tertiary/aromatic N) is 2. The molecule has 0 amide bonds. The van der Waals surface area contributed by atoms with Crippen LogP contribution < -0.4 is 10.6 Å². The number of carbonyl (C=O) groups excluding carboxylic acids is 2. The van der Waals surface area contributed by atoms with Gasteiger partial charge < -0.3 is 19.6 Å². The molecule has 46 heavy (non-hydrogen) atoms. The van der Waals surface area contributed by atoms with E-state index in [4.69, 9.17) is 0 Å². The van der Waals surface area contributed by atoms with Crippen LogP contribution in [0.5, 0.6) is 0 Å². The Morgan fingerprint density at radius 3 is 1.39 bits per heavy atom. The van der Waals surface area contributed by atoms with E-state index < -0.39 is 0 Å². The lowest BCUT2D eigenvalue weighted by molar-refractivity contribution is -0.913. The van der Waals surface area contributed by atoms with Crippen LogP contribution in [0.3, 0.4) is 0 Å². The Bertz CT molecular complexity index is 771. The summed E-state index contributed by atoms with van der Waals surface area (Å²) in [6.45, 7) is 8.60.